The summed E-state index contributed by atoms with van der Waals surface area (Å²) in [6, 6.07) is 10.1. The smallest absolute Gasteiger partial charge is 0.330 e. The largest absolute Gasteiger partial charge is 0.460 e. The Balaban J connectivity index is 1.87. The SMILES string of the molecule is C=CC(=O)OC(C)CC1COC1c1ccccc1. The van der Waals surface area contributed by atoms with Gasteiger partial charge in [0.1, 0.15) is 0 Å². The van der Waals surface area contributed by atoms with Crippen LogP contribution in [-0.2, 0) is 14.3 Å². The zero-order valence-corrected chi connectivity index (χ0v) is 10.5. The van der Waals surface area contributed by atoms with E-state index in [0.717, 1.165) is 13.0 Å². The van der Waals surface area contributed by atoms with Crippen molar-refractivity contribution in [1.82, 2.24) is 0 Å². The summed E-state index contributed by atoms with van der Waals surface area (Å²) in [5, 5.41) is 0. The Morgan fingerprint density at radius 2 is 2.28 bits per heavy atom. The zero-order chi connectivity index (χ0) is 13.0. The molecule has 18 heavy (non-hydrogen) atoms. The zero-order valence-electron chi connectivity index (χ0n) is 10.5. The van der Waals surface area contributed by atoms with Gasteiger partial charge in [0.05, 0.1) is 18.8 Å². The molecule has 1 fully saturated rings. The van der Waals surface area contributed by atoms with Gasteiger partial charge >= 0.3 is 5.97 Å². The Kier molecular flexibility index (Phi) is 4.15. The second kappa shape index (κ2) is 5.83. The number of carbonyl (C=O) groups is 1. The summed E-state index contributed by atoms with van der Waals surface area (Å²) in [5.41, 5.74) is 1.19. The second-order valence-corrected chi connectivity index (χ2v) is 4.61. The van der Waals surface area contributed by atoms with Gasteiger partial charge in [-0.2, -0.15) is 0 Å². The van der Waals surface area contributed by atoms with E-state index in [9.17, 15) is 4.79 Å². The van der Waals surface area contributed by atoms with Gasteiger partial charge in [0.2, 0.25) is 0 Å². The molecule has 1 saturated heterocycles. The highest BCUT2D eigenvalue weighted by Gasteiger charge is 2.34. The molecule has 0 saturated carbocycles. The molecule has 0 bridgehead atoms. The molecular weight excluding hydrogens is 228 g/mol. The summed E-state index contributed by atoms with van der Waals surface area (Å²) in [7, 11) is 0. The molecule has 0 amide bonds. The molecule has 1 aliphatic heterocycles. The summed E-state index contributed by atoms with van der Waals surface area (Å²) in [4.78, 5) is 11.1. The van der Waals surface area contributed by atoms with Crippen LogP contribution in [-0.4, -0.2) is 18.7 Å². The van der Waals surface area contributed by atoms with Gasteiger partial charge in [-0.15, -0.1) is 0 Å². The van der Waals surface area contributed by atoms with Crippen LogP contribution in [0.5, 0.6) is 0 Å². The number of esters is 1. The van der Waals surface area contributed by atoms with E-state index in [4.69, 9.17) is 9.47 Å². The maximum Gasteiger partial charge on any atom is 0.330 e. The standard InChI is InChI=1S/C15H18O3/c1-3-14(16)18-11(2)9-13-10-17-15(13)12-7-5-4-6-8-12/h3-8,11,13,15H,1,9-10H2,2H3. The van der Waals surface area contributed by atoms with Crippen LogP contribution in [0.4, 0.5) is 0 Å². The molecule has 0 radical (unpaired) electrons. The van der Waals surface area contributed by atoms with Crippen LogP contribution in [0.3, 0.4) is 0 Å². The molecular formula is C15H18O3. The van der Waals surface area contributed by atoms with Crippen LogP contribution in [0.25, 0.3) is 0 Å². The Hall–Kier alpha value is -1.61. The first-order chi connectivity index (χ1) is 8.70. The molecule has 3 heteroatoms. The van der Waals surface area contributed by atoms with Crippen LogP contribution in [0.2, 0.25) is 0 Å². The van der Waals surface area contributed by atoms with Crippen molar-refractivity contribution in [2.24, 2.45) is 5.92 Å². The van der Waals surface area contributed by atoms with Crippen molar-refractivity contribution in [3.05, 3.63) is 48.6 Å². The Morgan fingerprint density at radius 1 is 1.56 bits per heavy atom. The predicted molar refractivity (Wildman–Crippen MR) is 69.0 cm³/mol. The lowest BCUT2D eigenvalue weighted by atomic mass is 9.87. The lowest BCUT2D eigenvalue weighted by molar-refractivity contribution is -0.153. The first-order valence-electron chi connectivity index (χ1n) is 6.20. The van der Waals surface area contributed by atoms with Gasteiger partial charge in [0.15, 0.2) is 0 Å². The molecule has 1 aliphatic rings. The van der Waals surface area contributed by atoms with Crippen molar-refractivity contribution < 1.29 is 14.3 Å². The molecule has 1 heterocycles. The fourth-order valence-electron chi connectivity index (χ4n) is 2.25. The number of hydrogen-bond donors (Lipinski definition) is 0. The van der Waals surface area contributed by atoms with Crippen molar-refractivity contribution in [3.8, 4) is 0 Å². The molecule has 96 valence electrons. The number of carbonyl (C=O) groups excluding carboxylic acids is 1. The molecule has 3 atom stereocenters. The van der Waals surface area contributed by atoms with Crippen LogP contribution >= 0.6 is 0 Å². The normalized spacial score (nSPS) is 23.8. The molecule has 3 nitrogen and oxygen atoms in total. The van der Waals surface area contributed by atoms with Crippen LogP contribution in [0.1, 0.15) is 25.0 Å². The van der Waals surface area contributed by atoms with E-state index in [1.165, 1.54) is 11.6 Å². The predicted octanol–water partition coefficient (Wildman–Crippen LogP) is 2.88. The minimum atomic E-state index is -0.362. The molecule has 1 aromatic carbocycles. The maximum absolute atomic E-state index is 11.1. The van der Waals surface area contributed by atoms with E-state index in [1.54, 1.807) is 0 Å². The van der Waals surface area contributed by atoms with E-state index >= 15 is 0 Å². The Bertz CT molecular complexity index is 413. The minimum absolute atomic E-state index is 0.101. The van der Waals surface area contributed by atoms with E-state index in [1.807, 2.05) is 25.1 Å². The summed E-state index contributed by atoms with van der Waals surface area (Å²) in [6.07, 6.45) is 2.05. The van der Waals surface area contributed by atoms with E-state index in [0.29, 0.717) is 5.92 Å². The van der Waals surface area contributed by atoms with Gasteiger partial charge in [0, 0.05) is 12.0 Å². The molecule has 0 aromatic heterocycles. The summed E-state index contributed by atoms with van der Waals surface area (Å²) in [5.74, 6) is 0.0546. The molecule has 3 unspecified atom stereocenters. The van der Waals surface area contributed by atoms with Crippen LogP contribution in [0.15, 0.2) is 43.0 Å². The van der Waals surface area contributed by atoms with E-state index < -0.39 is 0 Å². The molecule has 1 aromatic rings. The topological polar surface area (TPSA) is 35.5 Å². The van der Waals surface area contributed by atoms with Gasteiger partial charge < -0.3 is 9.47 Å². The van der Waals surface area contributed by atoms with Crippen molar-refractivity contribution >= 4 is 5.97 Å². The van der Waals surface area contributed by atoms with Gasteiger partial charge in [0.25, 0.3) is 0 Å². The third-order valence-corrected chi connectivity index (χ3v) is 3.16. The number of benzene rings is 1. The molecule has 0 aliphatic carbocycles. The summed E-state index contributed by atoms with van der Waals surface area (Å²) < 4.78 is 10.8. The van der Waals surface area contributed by atoms with Crippen LogP contribution < -0.4 is 0 Å². The highest BCUT2D eigenvalue weighted by atomic mass is 16.5. The lowest BCUT2D eigenvalue weighted by Crippen LogP contribution is -2.35. The van der Waals surface area contributed by atoms with E-state index in [2.05, 4.69) is 18.7 Å². The first-order valence-corrected chi connectivity index (χ1v) is 6.20. The fourth-order valence-corrected chi connectivity index (χ4v) is 2.25. The average Bonchev–Trinajstić information content (AvgIpc) is 2.36. The minimum Gasteiger partial charge on any atom is -0.460 e. The average molecular weight is 246 g/mol. The molecule has 0 N–H and O–H groups in total. The van der Waals surface area contributed by atoms with E-state index in [-0.39, 0.29) is 18.2 Å². The maximum atomic E-state index is 11.1. The molecule has 0 spiro atoms. The third kappa shape index (κ3) is 2.99. The Morgan fingerprint density at radius 3 is 2.83 bits per heavy atom. The van der Waals surface area contributed by atoms with Gasteiger partial charge in [-0.05, 0) is 18.9 Å². The number of rotatable bonds is 5. The summed E-state index contributed by atoms with van der Waals surface area (Å²) in [6.45, 7) is 6.03. The Labute approximate surface area is 107 Å². The lowest BCUT2D eigenvalue weighted by Gasteiger charge is -2.38. The van der Waals surface area contributed by atoms with Crippen LogP contribution in [0, 0.1) is 5.92 Å². The second-order valence-electron chi connectivity index (χ2n) is 4.61. The number of hydrogen-bond acceptors (Lipinski definition) is 3. The summed E-state index contributed by atoms with van der Waals surface area (Å²) >= 11 is 0. The van der Waals surface area contributed by atoms with Crippen molar-refractivity contribution in [3.63, 3.8) is 0 Å². The monoisotopic (exact) mass is 246 g/mol. The van der Waals surface area contributed by atoms with Gasteiger partial charge in [-0.25, -0.2) is 4.79 Å². The number of ether oxygens (including phenoxy) is 2. The van der Waals surface area contributed by atoms with Gasteiger partial charge in [-0.1, -0.05) is 36.9 Å². The van der Waals surface area contributed by atoms with Crippen molar-refractivity contribution in [2.45, 2.75) is 25.6 Å². The van der Waals surface area contributed by atoms with Crippen molar-refractivity contribution in [2.75, 3.05) is 6.61 Å². The molecule has 2 rings (SSSR count). The first kappa shape index (κ1) is 12.8. The van der Waals surface area contributed by atoms with Gasteiger partial charge in [-0.3, -0.25) is 0 Å². The fraction of sp³-hybridized carbons (Fsp3) is 0.400. The quantitative estimate of drug-likeness (QED) is 0.592. The van der Waals surface area contributed by atoms with Crippen molar-refractivity contribution in [1.29, 1.82) is 0 Å². The third-order valence-electron chi connectivity index (χ3n) is 3.16. The highest BCUT2D eigenvalue weighted by Crippen LogP contribution is 2.38. The highest BCUT2D eigenvalue weighted by molar-refractivity contribution is 5.81.